The molecule has 0 bridgehead atoms. The predicted molar refractivity (Wildman–Crippen MR) is 82.1 cm³/mol. The Morgan fingerprint density at radius 3 is 3.10 bits per heavy atom. The van der Waals surface area contributed by atoms with Crippen LogP contribution in [0.3, 0.4) is 0 Å². The Morgan fingerprint density at radius 1 is 1.29 bits per heavy atom. The van der Waals surface area contributed by atoms with E-state index in [0.29, 0.717) is 18.1 Å². The van der Waals surface area contributed by atoms with E-state index < -0.39 is 0 Å². The fraction of sp³-hybridized carbons (Fsp3) is 0.214. The van der Waals surface area contributed by atoms with Crippen molar-refractivity contribution in [3.05, 3.63) is 55.6 Å². The monoisotopic (exact) mass is 317 g/mol. The SMILES string of the molecule is O=C(c1cnc2sccn2c1=O)N1CCc2sccc2C1. The Bertz CT molecular complexity index is 893. The van der Waals surface area contributed by atoms with Crippen LogP contribution in [0.4, 0.5) is 0 Å². The minimum absolute atomic E-state index is 0.143. The molecule has 0 unspecified atom stereocenters. The molecule has 1 aliphatic heterocycles. The zero-order chi connectivity index (χ0) is 14.4. The van der Waals surface area contributed by atoms with Crippen LogP contribution in [0.25, 0.3) is 4.96 Å². The molecule has 106 valence electrons. The lowest BCUT2D eigenvalue weighted by Gasteiger charge is -2.26. The first kappa shape index (κ1) is 12.7. The predicted octanol–water partition coefficient (Wildman–Crippen LogP) is 2.02. The van der Waals surface area contributed by atoms with Crippen LogP contribution in [0.15, 0.2) is 34.0 Å². The van der Waals surface area contributed by atoms with Gasteiger partial charge in [0, 0.05) is 35.7 Å². The Kier molecular flexibility index (Phi) is 2.90. The largest absolute Gasteiger partial charge is 0.334 e. The van der Waals surface area contributed by atoms with E-state index in [9.17, 15) is 9.59 Å². The number of rotatable bonds is 1. The van der Waals surface area contributed by atoms with Crippen molar-refractivity contribution in [2.24, 2.45) is 0 Å². The Labute approximate surface area is 128 Å². The molecule has 0 spiro atoms. The summed E-state index contributed by atoms with van der Waals surface area (Å²) >= 11 is 3.10. The van der Waals surface area contributed by atoms with Crippen molar-refractivity contribution in [2.75, 3.05) is 6.54 Å². The number of hydrogen-bond donors (Lipinski definition) is 0. The second-order valence-electron chi connectivity index (χ2n) is 4.88. The van der Waals surface area contributed by atoms with Crippen LogP contribution in [0.1, 0.15) is 20.8 Å². The van der Waals surface area contributed by atoms with E-state index in [1.54, 1.807) is 27.8 Å². The molecular weight excluding hydrogens is 306 g/mol. The number of amides is 1. The van der Waals surface area contributed by atoms with Gasteiger partial charge in [-0.2, -0.15) is 0 Å². The first-order valence-electron chi connectivity index (χ1n) is 6.53. The van der Waals surface area contributed by atoms with E-state index in [0.717, 1.165) is 6.42 Å². The smallest absolute Gasteiger partial charge is 0.271 e. The third-order valence-electron chi connectivity index (χ3n) is 3.67. The van der Waals surface area contributed by atoms with Gasteiger partial charge in [0.05, 0.1) is 0 Å². The maximum atomic E-state index is 12.6. The summed E-state index contributed by atoms with van der Waals surface area (Å²) in [6.45, 7) is 1.22. The van der Waals surface area contributed by atoms with Crippen molar-refractivity contribution >= 4 is 33.5 Å². The van der Waals surface area contributed by atoms with Gasteiger partial charge in [-0.15, -0.1) is 22.7 Å². The minimum Gasteiger partial charge on any atom is -0.334 e. The molecule has 21 heavy (non-hydrogen) atoms. The standard InChI is InChI=1S/C14H11N3O2S2/c18-12(16-3-1-11-9(8-16)2-5-20-11)10-7-15-14-17(13(10)19)4-6-21-14/h2,4-7H,1,3,8H2. The number of thiophene rings is 1. The maximum absolute atomic E-state index is 12.6. The highest BCUT2D eigenvalue weighted by Crippen LogP contribution is 2.24. The molecule has 0 saturated heterocycles. The zero-order valence-corrected chi connectivity index (χ0v) is 12.6. The number of carbonyl (C=O) groups is 1. The van der Waals surface area contributed by atoms with Crippen molar-refractivity contribution in [1.29, 1.82) is 0 Å². The van der Waals surface area contributed by atoms with E-state index in [-0.39, 0.29) is 17.0 Å². The number of carbonyl (C=O) groups excluding carboxylic acids is 1. The first-order chi connectivity index (χ1) is 10.2. The molecule has 3 aromatic rings. The average molecular weight is 317 g/mol. The summed E-state index contributed by atoms with van der Waals surface area (Å²) in [6.07, 6.45) is 3.91. The molecule has 0 N–H and O–H groups in total. The molecule has 0 aliphatic carbocycles. The van der Waals surface area contributed by atoms with Gasteiger partial charge in [-0.25, -0.2) is 4.98 Å². The highest BCUT2D eigenvalue weighted by Gasteiger charge is 2.25. The van der Waals surface area contributed by atoms with Gasteiger partial charge in [-0.05, 0) is 23.4 Å². The average Bonchev–Trinajstić information content (AvgIpc) is 3.15. The third kappa shape index (κ3) is 2.00. The van der Waals surface area contributed by atoms with Gasteiger partial charge in [0.2, 0.25) is 0 Å². The lowest BCUT2D eigenvalue weighted by Crippen LogP contribution is -2.38. The molecule has 4 heterocycles. The van der Waals surface area contributed by atoms with Crippen LogP contribution in [-0.4, -0.2) is 26.7 Å². The van der Waals surface area contributed by atoms with Crippen LogP contribution in [0.5, 0.6) is 0 Å². The fourth-order valence-corrected chi connectivity index (χ4v) is 4.13. The second kappa shape index (κ2) is 4.78. The van der Waals surface area contributed by atoms with Gasteiger partial charge in [0.25, 0.3) is 11.5 Å². The molecule has 0 fully saturated rings. The summed E-state index contributed by atoms with van der Waals surface area (Å²) in [4.78, 5) is 32.8. The molecule has 3 aromatic heterocycles. The van der Waals surface area contributed by atoms with E-state index in [1.807, 2.05) is 11.4 Å². The van der Waals surface area contributed by atoms with E-state index in [4.69, 9.17) is 0 Å². The maximum Gasteiger partial charge on any atom is 0.271 e. The van der Waals surface area contributed by atoms with E-state index in [1.165, 1.54) is 32.4 Å². The molecule has 0 atom stereocenters. The Balaban J connectivity index is 1.71. The van der Waals surface area contributed by atoms with Crippen molar-refractivity contribution in [1.82, 2.24) is 14.3 Å². The minimum atomic E-state index is -0.289. The molecule has 5 nitrogen and oxygen atoms in total. The van der Waals surface area contributed by atoms with Crippen molar-refractivity contribution in [3.8, 4) is 0 Å². The Hall–Kier alpha value is -1.99. The third-order valence-corrected chi connectivity index (χ3v) is 5.46. The van der Waals surface area contributed by atoms with Crippen LogP contribution in [0.2, 0.25) is 0 Å². The summed E-state index contributed by atoms with van der Waals surface area (Å²) < 4.78 is 1.43. The summed E-state index contributed by atoms with van der Waals surface area (Å²) in [5, 5.41) is 3.84. The van der Waals surface area contributed by atoms with Crippen LogP contribution in [0, 0.1) is 0 Å². The summed E-state index contributed by atoms with van der Waals surface area (Å²) in [7, 11) is 0. The quantitative estimate of drug-likeness (QED) is 0.690. The van der Waals surface area contributed by atoms with Crippen LogP contribution >= 0.6 is 22.7 Å². The van der Waals surface area contributed by atoms with E-state index in [2.05, 4.69) is 4.98 Å². The topological polar surface area (TPSA) is 54.7 Å². The second-order valence-corrected chi connectivity index (χ2v) is 6.75. The Morgan fingerprint density at radius 2 is 2.19 bits per heavy atom. The summed E-state index contributed by atoms with van der Waals surface area (Å²) in [5.41, 5.74) is 1.04. The highest BCUT2D eigenvalue weighted by atomic mass is 32.1. The van der Waals surface area contributed by atoms with Crippen molar-refractivity contribution in [2.45, 2.75) is 13.0 Å². The highest BCUT2D eigenvalue weighted by molar-refractivity contribution is 7.15. The number of thiazole rings is 1. The number of fused-ring (bicyclic) bond motifs is 2. The van der Waals surface area contributed by atoms with Crippen molar-refractivity contribution < 1.29 is 4.79 Å². The number of aromatic nitrogens is 2. The normalized spacial score (nSPS) is 14.4. The van der Waals surface area contributed by atoms with Crippen LogP contribution < -0.4 is 5.56 Å². The van der Waals surface area contributed by atoms with Gasteiger partial charge in [0.15, 0.2) is 4.96 Å². The number of nitrogens with zero attached hydrogens (tertiary/aromatic N) is 3. The first-order valence-corrected chi connectivity index (χ1v) is 8.29. The fourth-order valence-electron chi connectivity index (χ4n) is 2.56. The van der Waals surface area contributed by atoms with Gasteiger partial charge >= 0.3 is 0 Å². The van der Waals surface area contributed by atoms with Gasteiger partial charge in [-0.1, -0.05) is 0 Å². The van der Waals surface area contributed by atoms with Crippen molar-refractivity contribution in [3.63, 3.8) is 0 Å². The number of hydrogen-bond acceptors (Lipinski definition) is 5. The molecular formula is C14H11N3O2S2. The molecule has 0 saturated carbocycles. The van der Waals surface area contributed by atoms with Gasteiger partial charge in [-0.3, -0.25) is 14.0 Å². The molecule has 4 rings (SSSR count). The molecule has 1 aliphatic rings. The molecule has 1 amide bonds. The van der Waals surface area contributed by atoms with E-state index >= 15 is 0 Å². The summed E-state index contributed by atoms with van der Waals surface area (Å²) in [6, 6.07) is 2.05. The zero-order valence-electron chi connectivity index (χ0n) is 11.0. The van der Waals surface area contributed by atoms with Gasteiger partial charge in [0.1, 0.15) is 5.56 Å². The lowest BCUT2D eigenvalue weighted by atomic mass is 10.1. The molecule has 0 aromatic carbocycles. The summed E-state index contributed by atoms with van der Waals surface area (Å²) in [5.74, 6) is -0.232. The lowest BCUT2D eigenvalue weighted by molar-refractivity contribution is 0.0733. The molecule has 7 heteroatoms. The van der Waals surface area contributed by atoms with Gasteiger partial charge < -0.3 is 4.90 Å². The molecule has 0 radical (unpaired) electrons. The van der Waals surface area contributed by atoms with Crippen LogP contribution in [-0.2, 0) is 13.0 Å².